The first-order valence-electron chi connectivity index (χ1n) is 11.6. The first-order chi connectivity index (χ1) is 17.4. The molecular formula is C28H25ClN2O4S. The molecule has 36 heavy (non-hydrogen) atoms. The molecule has 0 radical (unpaired) electrons. The predicted molar refractivity (Wildman–Crippen MR) is 145 cm³/mol. The number of thiazole rings is 1. The summed E-state index contributed by atoms with van der Waals surface area (Å²) in [6.07, 6.45) is 2.48. The van der Waals surface area contributed by atoms with Gasteiger partial charge >= 0.3 is 0 Å². The van der Waals surface area contributed by atoms with Gasteiger partial charge in [-0.2, -0.15) is 0 Å². The average molecular weight is 521 g/mol. The van der Waals surface area contributed by atoms with Gasteiger partial charge in [0.1, 0.15) is 5.75 Å². The van der Waals surface area contributed by atoms with E-state index in [4.69, 9.17) is 25.8 Å². The molecule has 0 spiro atoms. The number of nitrogens with zero attached hydrogens (tertiary/aromatic N) is 2. The summed E-state index contributed by atoms with van der Waals surface area (Å²) in [5, 5.41) is 0.412. The van der Waals surface area contributed by atoms with E-state index in [0.29, 0.717) is 45.6 Å². The summed E-state index contributed by atoms with van der Waals surface area (Å²) >= 11 is 7.90. The standard InChI is InChI=1S/C28H25ClN2O4S/c1-17-9-10-18(2)23(13-17)34-11-6-12-35-26-20(29)14-19(15-24(26)33-3)16-25-27(32)31-22-8-5-4-7-21(22)30-28(31)36-25/h4-5,7-10,13-16H,6,11-12H2,1-3H3. The van der Waals surface area contributed by atoms with Gasteiger partial charge in [-0.3, -0.25) is 4.79 Å². The van der Waals surface area contributed by atoms with Gasteiger partial charge in [0, 0.05) is 6.42 Å². The van der Waals surface area contributed by atoms with E-state index in [9.17, 15) is 4.79 Å². The zero-order valence-corrected chi connectivity index (χ0v) is 21.8. The van der Waals surface area contributed by atoms with Gasteiger partial charge in [-0.25, -0.2) is 9.38 Å². The second-order valence-corrected chi connectivity index (χ2v) is 9.90. The number of para-hydroxylation sites is 2. The number of rotatable bonds is 8. The van der Waals surface area contributed by atoms with E-state index in [2.05, 4.69) is 17.1 Å². The summed E-state index contributed by atoms with van der Waals surface area (Å²) in [7, 11) is 1.57. The number of aromatic nitrogens is 2. The highest BCUT2D eigenvalue weighted by molar-refractivity contribution is 7.15. The quantitative estimate of drug-likeness (QED) is 0.250. The van der Waals surface area contributed by atoms with Crippen LogP contribution in [0.4, 0.5) is 0 Å². The molecule has 0 saturated heterocycles. The van der Waals surface area contributed by atoms with E-state index in [0.717, 1.165) is 33.5 Å². The fourth-order valence-corrected chi connectivity index (χ4v) is 5.27. The van der Waals surface area contributed by atoms with Crippen LogP contribution in [0.2, 0.25) is 5.02 Å². The van der Waals surface area contributed by atoms with E-state index in [1.807, 2.05) is 50.2 Å². The van der Waals surface area contributed by atoms with Gasteiger partial charge in [-0.05, 0) is 66.9 Å². The van der Waals surface area contributed by atoms with Gasteiger partial charge in [-0.15, -0.1) is 0 Å². The molecule has 5 rings (SSSR count). The van der Waals surface area contributed by atoms with E-state index in [-0.39, 0.29) is 5.56 Å². The molecule has 0 atom stereocenters. The van der Waals surface area contributed by atoms with Gasteiger partial charge in [0.2, 0.25) is 0 Å². The Bertz CT molecular complexity index is 1680. The Kier molecular flexibility index (Phi) is 6.85. The third-order valence-corrected chi connectivity index (χ3v) is 7.08. The van der Waals surface area contributed by atoms with Crippen molar-refractivity contribution in [2.45, 2.75) is 20.3 Å². The monoisotopic (exact) mass is 520 g/mol. The fourth-order valence-electron chi connectivity index (χ4n) is 4.00. The lowest BCUT2D eigenvalue weighted by Crippen LogP contribution is -2.22. The zero-order chi connectivity index (χ0) is 25.2. The Hall–Kier alpha value is -3.55. The Morgan fingerprint density at radius 1 is 1.03 bits per heavy atom. The number of ether oxygens (including phenoxy) is 3. The Morgan fingerprint density at radius 2 is 1.83 bits per heavy atom. The van der Waals surface area contributed by atoms with Crippen LogP contribution < -0.4 is 24.3 Å². The van der Waals surface area contributed by atoms with Gasteiger partial charge < -0.3 is 14.2 Å². The highest BCUT2D eigenvalue weighted by Crippen LogP contribution is 2.36. The third-order valence-electron chi connectivity index (χ3n) is 5.83. The molecular weight excluding hydrogens is 496 g/mol. The number of imidazole rings is 1. The van der Waals surface area contributed by atoms with Crippen LogP contribution in [0.3, 0.4) is 0 Å². The van der Waals surface area contributed by atoms with E-state index in [1.54, 1.807) is 23.7 Å². The van der Waals surface area contributed by atoms with Crippen molar-refractivity contribution in [2.75, 3.05) is 20.3 Å². The molecule has 184 valence electrons. The van der Waals surface area contributed by atoms with E-state index in [1.165, 1.54) is 11.3 Å². The number of hydrogen-bond donors (Lipinski definition) is 0. The van der Waals surface area contributed by atoms with Crippen LogP contribution in [0.1, 0.15) is 23.1 Å². The molecule has 5 aromatic rings. The Balaban J connectivity index is 1.32. The molecule has 0 aliphatic rings. The lowest BCUT2D eigenvalue weighted by Gasteiger charge is -2.14. The van der Waals surface area contributed by atoms with Crippen LogP contribution in [0.25, 0.3) is 22.1 Å². The number of methoxy groups -OCH3 is 1. The predicted octanol–water partition coefficient (Wildman–Crippen LogP) is 5.58. The molecule has 2 heterocycles. The highest BCUT2D eigenvalue weighted by Gasteiger charge is 2.14. The number of aryl methyl sites for hydroxylation is 2. The molecule has 0 aliphatic heterocycles. The smallest absolute Gasteiger partial charge is 0.274 e. The summed E-state index contributed by atoms with van der Waals surface area (Å²) in [5.41, 5.74) is 4.50. The largest absolute Gasteiger partial charge is 0.493 e. The van der Waals surface area contributed by atoms with E-state index < -0.39 is 0 Å². The summed E-state index contributed by atoms with van der Waals surface area (Å²) in [4.78, 5) is 18.3. The molecule has 6 nitrogen and oxygen atoms in total. The van der Waals surface area contributed by atoms with Crippen LogP contribution in [0.15, 0.2) is 59.4 Å². The number of benzene rings is 3. The molecule has 0 amide bonds. The lowest BCUT2D eigenvalue weighted by atomic mass is 10.1. The maximum atomic E-state index is 13.1. The third kappa shape index (κ3) is 4.76. The molecule has 0 bridgehead atoms. The maximum Gasteiger partial charge on any atom is 0.274 e. The minimum atomic E-state index is -0.108. The first-order valence-corrected chi connectivity index (χ1v) is 12.8. The molecule has 0 N–H and O–H groups in total. The van der Waals surface area contributed by atoms with E-state index >= 15 is 0 Å². The molecule has 3 aromatic carbocycles. The second-order valence-electron chi connectivity index (χ2n) is 8.49. The van der Waals surface area contributed by atoms with Crippen molar-refractivity contribution in [3.05, 3.63) is 91.2 Å². The van der Waals surface area contributed by atoms with Gasteiger partial charge in [0.15, 0.2) is 16.5 Å². The number of hydrogen-bond acceptors (Lipinski definition) is 6. The maximum absolute atomic E-state index is 13.1. The van der Waals surface area contributed by atoms with Crippen LogP contribution >= 0.6 is 22.9 Å². The molecule has 0 saturated carbocycles. The van der Waals surface area contributed by atoms with Crippen LogP contribution in [0.5, 0.6) is 17.2 Å². The van der Waals surface area contributed by atoms with Gasteiger partial charge in [0.05, 0.1) is 40.9 Å². The highest BCUT2D eigenvalue weighted by atomic mass is 35.5. The van der Waals surface area contributed by atoms with Crippen molar-refractivity contribution in [2.24, 2.45) is 0 Å². The van der Waals surface area contributed by atoms with Gasteiger partial charge in [0.25, 0.3) is 5.56 Å². The summed E-state index contributed by atoms with van der Waals surface area (Å²) in [6, 6.07) is 17.3. The van der Waals surface area contributed by atoms with Crippen LogP contribution in [-0.4, -0.2) is 29.7 Å². The van der Waals surface area contributed by atoms with Crippen molar-refractivity contribution in [3.63, 3.8) is 0 Å². The zero-order valence-electron chi connectivity index (χ0n) is 20.2. The Morgan fingerprint density at radius 3 is 2.67 bits per heavy atom. The summed E-state index contributed by atoms with van der Waals surface area (Å²) < 4.78 is 19.6. The minimum absolute atomic E-state index is 0.108. The first kappa shape index (κ1) is 24.2. The molecule has 0 aliphatic carbocycles. The minimum Gasteiger partial charge on any atom is -0.493 e. The fraction of sp³-hybridized carbons (Fsp3) is 0.214. The van der Waals surface area contributed by atoms with Crippen molar-refractivity contribution < 1.29 is 14.2 Å². The number of fused-ring (bicyclic) bond motifs is 3. The SMILES string of the molecule is COc1cc(C=c2sc3nc4ccccc4n3c2=O)cc(Cl)c1OCCCOc1cc(C)ccc1C. The van der Waals surface area contributed by atoms with Gasteiger partial charge in [-0.1, -0.05) is 47.2 Å². The lowest BCUT2D eigenvalue weighted by molar-refractivity contribution is 0.240. The molecule has 2 aromatic heterocycles. The van der Waals surface area contributed by atoms with Crippen LogP contribution in [0, 0.1) is 13.8 Å². The topological polar surface area (TPSA) is 62.1 Å². The van der Waals surface area contributed by atoms with Crippen LogP contribution in [-0.2, 0) is 0 Å². The Labute approximate surface area is 217 Å². The van der Waals surface area contributed by atoms with Crippen molar-refractivity contribution in [1.82, 2.24) is 9.38 Å². The average Bonchev–Trinajstić information content (AvgIpc) is 3.37. The van der Waals surface area contributed by atoms with Crippen molar-refractivity contribution >= 4 is 45.0 Å². The molecule has 8 heteroatoms. The summed E-state index contributed by atoms with van der Waals surface area (Å²) in [6.45, 7) is 5.02. The number of halogens is 1. The molecule has 0 fully saturated rings. The second kappa shape index (κ2) is 10.2. The summed E-state index contributed by atoms with van der Waals surface area (Å²) in [5.74, 6) is 1.86. The normalized spacial score (nSPS) is 11.9. The molecule has 0 unspecified atom stereocenters. The van der Waals surface area contributed by atoms with Crippen molar-refractivity contribution in [3.8, 4) is 17.2 Å². The van der Waals surface area contributed by atoms with Crippen molar-refractivity contribution in [1.29, 1.82) is 0 Å².